The smallest absolute Gasteiger partial charge is 0.161 e. The van der Waals surface area contributed by atoms with Crippen molar-refractivity contribution in [3.05, 3.63) is 76.0 Å². The molecule has 146 valence electrons. The van der Waals surface area contributed by atoms with Gasteiger partial charge in [0.1, 0.15) is 5.75 Å². The molecule has 0 bridgehead atoms. The second kappa shape index (κ2) is 7.85. The lowest BCUT2D eigenvalue weighted by Crippen LogP contribution is -2.32. The van der Waals surface area contributed by atoms with E-state index in [0.717, 1.165) is 28.3 Å². The van der Waals surface area contributed by atoms with E-state index in [4.69, 9.17) is 21.3 Å². The summed E-state index contributed by atoms with van der Waals surface area (Å²) < 4.78 is 5.25. The quantitative estimate of drug-likeness (QED) is 0.683. The number of allylic oxidation sites excluding steroid dienone is 2. The zero-order valence-corrected chi connectivity index (χ0v) is 17.1. The van der Waals surface area contributed by atoms with Gasteiger partial charge in [0.15, 0.2) is 5.78 Å². The molecule has 2 aromatic carbocycles. The van der Waals surface area contributed by atoms with Crippen LogP contribution in [-0.2, 0) is 4.79 Å². The molecule has 1 aliphatic heterocycles. The molecule has 0 amide bonds. The normalized spacial score (nSPS) is 23.9. The number of halogens is 1. The van der Waals surface area contributed by atoms with Crippen molar-refractivity contribution in [2.45, 2.75) is 31.6 Å². The van der Waals surface area contributed by atoms with Crippen LogP contribution in [0.4, 0.5) is 0 Å². The van der Waals surface area contributed by atoms with Gasteiger partial charge in [0.05, 0.1) is 19.1 Å². The highest BCUT2D eigenvalue weighted by Gasteiger charge is 2.41. The molecule has 3 atom stereocenters. The fraction of sp³-hybridized carbons (Fsp3) is 0.292. The Balaban J connectivity index is 1.76. The molecule has 1 unspecified atom stereocenters. The molecular formula is C24H21ClN2O2. The number of aliphatic imine (C=N–C) groups is 1. The molecule has 1 heterocycles. The Kier molecular flexibility index (Phi) is 5.25. The fourth-order valence-electron chi connectivity index (χ4n) is 4.37. The summed E-state index contributed by atoms with van der Waals surface area (Å²) in [7, 11) is 1.62. The largest absolute Gasteiger partial charge is 0.497 e. The molecule has 0 spiro atoms. The third-order valence-corrected chi connectivity index (χ3v) is 6.10. The van der Waals surface area contributed by atoms with Crippen molar-refractivity contribution in [1.82, 2.24) is 0 Å². The zero-order chi connectivity index (χ0) is 20.5. The van der Waals surface area contributed by atoms with Crippen LogP contribution in [0.5, 0.6) is 5.75 Å². The fourth-order valence-corrected chi connectivity index (χ4v) is 4.49. The summed E-state index contributed by atoms with van der Waals surface area (Å²) in [5, 5.41) is 10.5. The van der Waals surface area contributed by atoms with Crippen LogP contribution in [0.3, 0.4) is 0 Å². The maximum atomic E-state index is 13.3. The van der Waals surface area contributed by atoms with E-state index in [9.17, 15) is 10.1 Å². The topological polar surface area (TPSA) is 62.4 Å². The standard InChI is InChI=1S/C24H21ClN2O2/c1-14-20(13-26)23(16-5-9-19(29-2)10-6-16)24-21(27-14)11-17(12-22(24)28)15-3-7-18(25)8-4-15/h3-10,17,20,23H,11-12H2,1-2H3/t17-,20?,23-/m1/s1. The molecule has 0 N–H and O–H groups in total. The molecule has 4 rings (SSSR count). The molecule has 0 radical (unpaired) electrons. The number of ether oxygens (including phenoxy) is 1. The number of methoxy groups -OCH3 is 1. The van der Waals surface area contributed by atoms with Gasteiger partial charge in [0.25, 0.3) is 0 Å². The highest BCUT2D eigenvalue weighted by molar-refractivity contribution is 6.30. The highest BCUT2D eigenvalue weighted by Crippen LogP contribution is 2.46. The van der Waals surface area contributed by atoms with E-state index in [1.165, 1.54) is 0 Å². The van der Waals surface area contributed by atoms with Crippen LogP contribution in [-0.4, -0.2) is 18.6 Å². The number of benzene rings is 2. The van der Waals surface area contributed by atoms with Gasteiger partial charge in [0, 0.05) is 34.3 Å². The van der Waals surface area contributed by atoms with Crippen molar-refractivity contribution in [2.24, 2.45) is 10.9 Å². The lowest BCUT2D eigenvalue weighted by atomic mass is 9.69. The molecule has 29 heavy (non-hydrogen) atoms. The van der Waals surface area contributed by atoms with Crippen LogP contribution in [0.1, 0.15) is 42.7 Å². The molecule has 0 aromatic heterocycles. The van der Waals surface area contributed by atoms with Crippen LogP contribution in [0.25, 0.3) is 0 Å². The molecular weight excluding hydrogens is 384 g/mol. The van der Waals surface area contributed by atoms with E-state index < -0.39 is 5.92 Å². The lowest BCUT2D eigenvalue weighted by molar-refractivity contribution is -0.116. The number of Topliss-reactive ketones (excluding diaryl/α,β-unsaturated/α-hetero) is 1. The summed E-state index contributed by atoms with van der Waals surface area (Å²) in [6, 6.07) is 17.7. The monoisotopic (exact) mass is 404 g/mol. The second-order valence-electron chi connectivity index (χ2n) is 7.55. The summed E-state index contributed by atoms with van der Waals surface area (Å²) in [5.74, 6) is 0.152. The number of nitrogens with zero attached hydrogens (tertiary/aromatic N) is 2. The first kappa shape index (κ1) is 19.4. The van der Waals surface area contributed by atoms with Gasteiger partial charge in [-0.15, -0.1) is 0 Å². The van der Waals surface area contributed by atoms with Gasteiger partial charge in [-0.1, -0.05) is 35.9 Å². The maximum absolute atomic E-state index is 13.3. The average molecular weight is 405 g/mol. The van der Waals surface area contributed by atoms with E-state index in [-0.39, 0.29) is 17.6 Å². The Bertz CT molecular complexity index is 1050. The van der Waals surface area contributed by atoms with E-state index in [1.807, 2.05) is 55.5 Å². The van der Waals surface area contributed by atoms with Crippen molar-refractivity contribution in [2.75, 3.05) is 7.11 Å². The van der Waals surface area contributed by atoms with Crippen LogP contribution in [0.15, 0.2) is 64.8 Å². The Morgan fingerprint density at radius 1 is 1.07 bits per heavy atom. The summed E-state index contributed by atoms with van der Waals surface area (Å²) in [6.45, 7) is 1.88. The summed E-state index contributed by atoms with van der Waals surface area (Å²) in [5.41, 5.74) is 4.29. The van der Waals surface area contributed by atoms with Gasteiger partial charge >= 0.3 is 0 Å². The van der Waals surface area contributed by atoms with Crippen LogP contribution in [0, 0.1) is 17.2 Å². The number of hydrogen-bond donors (Lipinski definition) is 0. The van der Waals surface area contributed by atoms with Gasteiger partial charge < -0.3 is 4.74 Å². The average Bonchev–Trinajstić information content (AvgIpc) is 2.73. The number of carbonyl (C=O) groups is 1. The highest BCUT2D eigenvalue weighted by atomic mass is 35.5. The van der Waals surface area contributed by atoms with E-state index >= 15 is 0 Å². The van der Waals surface area contributed by atoms with Crippen LogP contribution in [0.2, 0.25) is 5.02 Å². The molecule has 0 fully saturated rings. The third kappa shape index (κ3) is 3.59. The minimum atomic E-state index is -0.446. The van der Waals surface area contributed by atoms with Gasteiger partial charge in [-0.3, -0.25) is 9.79 Å². The van der Waals surface area contributed by atoms with E-state index in [2.05, 4.69) is 6.07 Å². The van der Waals surface area contributed by atoms with E-state index in [1.54, 1.807) is 7.11 Å². The zero-order valence-electron chi connectivity index (χ0n) is 16.4. The number of ketones is 1. The molecule has 0 saturated carbocycles. The minimum absolute atomic E-state index is 0.0727. The first-order valence-electron chi connectivity index (χ1n) is 9.62. The summed E-state index contributed by atoms with van der Waals surface area (Å²) in [4.78, 5) is 18.0. The third-order valence-electron chi connectivity index (χ3n) is 5.84. The second-order valence-corrected chi connectivity index (χ2v) is 7.99. The van der Waals surface area contributed by atoms with Crippen molar-refractivity contribution in [1.29, 1.82) is 5.26 Å². The number of hydrogen-bond acceptors (Lipinski definition) is 4. The Labute approximate surface area is 175 Å². The Hall–Kier alpha value is -2.90. The Morgan fingerprint density at radius 3 is 2.34 bits per heavy atom. The van der Waals surface area contributed by atoms with E-state index in [0.29, 0.717) is 23.4 Å². The number of rotatable bonds is 3. The van der Waals surface area contributed by atoms with Gasteiger partial charge in [0.2, 0.25) is 0 Å². The summed E-state index contributed by atoms with van der Waals surface area (Å²) in [6.07, 6.45) is 1.10. The Morgan fingerprint density at radius 2 is 1.72 bits per heavy atom. The van der Waals surface area contributed by atoms with Crippen LogP contribution < -0.4 is 4.74 Å². The van der Waals surface area contributed by atoms with Crippen molar-refractivity contribution >= 4 is 23.1 Å². The first-order chi connectivity index (χ1) is 14.0. The number of carbonyl (C=O) groups excluding carboxylic acids is 1. The molecule has 2 aliphatic rings. The molecule has 2 aromatic rings. The predicted molar refractivity (Wildman–Crippen MR) is 113 cm³/mol. The van der Waals surface area contributed by atoms with Gasteiger partial charge in [-0.05, 0) is 54.7 Å². The molecule has 5 heteroatoms. The predicted octanol–water partition coefficient (Wildman–Crippen LogP) is 5.45. The van der Waals surface area contributed by atoms with Gasteiger partial charge in [-0.25, -0.2) is 0 Å². The van der Waals surface area contributed by atoms with Crippen molar-refractivity contribution < 1.29 is 9.53 Å². The molecule has 4 nitrogen and oxygen atoms in total. The van der Waals surface area contributed by atoms with Crippen LogP contribution >= 0.6 is 11.6 Å². The van der Waals surface area contributed by atoms with Gasteiger partial charge in [-0.2, -0.15) is 5.26 Å². The molecule has 1 aliphatic carbocycles. The first-order valence-corrected chi connectivity index (χ1v) is 10.00. The lowest BCUT2D eigenvalue weighted by Gasteiger charge is -2.35. The minimum Gasteiger partial charge on any atom is -0.497 e. The van der Waals surface area contributed by atoms with Crippen molar-refractivity contribution in [3.63, 3.8) is 0 Å². The SMILES string of the molecule is COc1ccc([C@H]2C3=C(C[C@@H](c4ccc(Cl)cc4)CC3=O)N=C(C)C2C#N)cc1. The van der Waals surface area contributed by atoms with Crippen molar-refractivity contribution in [3.8, 4) is 11.8 Å². The molecule has 0 saturated heterocycles. The summed E-state index contributed by atoms with van der Waals surface area (Å²) >= 11 is 6.01. The number of nitriles is 1. The maximum Gasteiger partial charge on any atom is 0.161 e.